The van der Waals surface area contributed by atoms with E-state index in [-0.39, 0.29) is 0 Å². The van der Waals surface area contributed by atoms with Crippen LogP contribution in [0.3, 0.4) is 0 Å². The summed E-state index contributed by atoms with van der Waals surface area (Å²) in [7, 11) is 1.58. The summed E-state index contributed by atoms with van der Waals surface area (Å²) >= 11 is 6.00. The van der Waals surface area contributed by atoms with E-state index in [4.69, 9.17) is 22.1 Å². The van der Waals surface area contributed by atoms with Crippen molar-refractivity contribution in [3.8, 4) is 5.75 Å². The predicted molar refractivity (Wildman–Crippen MR) is 79.7 cm³/mol. The number of hydrogen-bond acceptors (Lipinski definition) is 5. The quantitative estimate of drug-likeness (QED) is 0.903. The van der Waals surface area contributed by atoms with E-state index in [1.165, 1.54) is 0 Å². The molecule has 104 valence electrons. The third-order valence-electron chi connectivity index (χ3n) is 3.13. The molecular formula is C14H15ClN4O. The van der Waals surface area contributed by atoms with E-state index < -0.39 is 0 Å². The van der Waals surface area contributed by atoms with Crippen molar-refractivity contribution in [2.45, 2.75) is 18.8 Å². The van der Waals surface area contributed by atoms with Gasteiger partial charge in [0.1, 0.15) is 23.2 Å². The summed E-state index contributed by atoms with van der Waals surface area (Å²) in [6, 6.07) is 7.17. The topological polar surface area (TPSA) is 73.1 Å². The molecule has 0 atom stereocenters. The molecule has 1 saturated carbocycles. The minimum atomic E-state index is 0.457. The van der Waals surface area contributed by atoms with Crippen LogP contribution in [0.25, 0.3) is 0 Å². The van der Waals surface area contributed by atoms with Gasteiger partial charge in [-0.15, -0.1) is 0 Å². The fourth-order valence-corrected chi connectivity index (χ4v) is 2.15. The van der Waals surface area contributed by atoms with Crippen molar-refractivity contribution in [1.29, 1.82) is 0 Å². The van der Waals surface area contributed by atoms with Crippen molar-refractivity contribution < 1.29 is 4.74 Å². The summed E-state index contributed by atoms with van der Waals surface area (Å²) in [6.45, 7) is 0. The van der Waals surface area contributed by atoms with Crippen molar-refractivity contribution in [2.75, 3.05) is 18.2 Å². The Bertz CT molecular complexity index is 643. The molecule has 1 aromatic carbocycles. The highest BCUT2D eigenvalue weighted by Gasteiger charge is 2.27. The molecule has 6 heteroatoms. The summed E-state index contributed by atoms with van der Waals surface area (Å²) in [5.74, 6) is 3.04. The first kappa shape index (κ1) is 13.0. The van der Waals surface area contributed by atoms with Gasteiger partial charge in [0.15, 0.2) is 0 Å². The number of methoxy groups -OCH3 is 1. The number of nitrogens with two attached hydrogens (primary N) is 1. The molecular weight excluding hydrogens is 276 g/mol. The molecule has 1 fully saturated rings. The van der Waals surface area contributed by atoms with Crippen molar-refractivity contribution in [3.63, 3.8) is 0 Å². The Morgan fingerprint density at radius 3 is 2.80 bits per heavy atom. The summed E-state index contributed by atoms with van der Waals surface area (Å²) in [6.07, 6.45) is 2.27. The zero-order valence-corrected chi connectivity index (χ0v) is 11.8. The maximum Gasteiger partial charge on any atom is 0.139 e. The zero-order valence-electron chi connectivity index (χ0n) is 11.1. The highest BCUT2D eigenvalue weighted by Crippen LogP contribution is 2.39. The SMILES string of the molecule is COc1cc(Nc2cc(N)nc(C3CC3)n2)ccc1Cl. The normalized spacial score (nSPS) is 14.1. The van der Waals surface area contributed by atoms with Gasteiger partial charge < -0.3 is 15.8 Å². The number of nitrogens with one attached hydrogen (secondary N) is 1. The number of halogens is 1. The van der Waals surface area contributed by atoms with Crippen LogP contribution in [0.2, 0.25) is 5.02 Å². The van der Waals surface area contributed by atoms with Gasteiger partial charge in [-0.3, -0.25) is 0 Å². The molecule has 1 heterocycles. The first-order chi connectivity index (χ1) is 9.65. The van der Waals surface area contributed by atoms with Gasteiger partial charge >= 0.3 is 0 Å². The van der Waals surface area contributed by atoms with Crippen molar-refractivity contribution in [3.05, 3.63) is 35.1 Å². The number of benzene rings is 1. The minimum Gasteiger partial charge on any atom is -0.495 e. The Hall–Kier alpha value is -2.01. The largest absolute Gasteiger partial charge is 0.495 e. The fraction of sp³-hybridized carbons (Fsp3) is 0.286. The van der Waals surface area contributed by atoms with Crippen LogP contribution in [-0.4, -0.2) is 17.1 Å². The van der Waals surface area contributed by atoms with Crippen LogP contribution in [0.5, 0.6) is 5.75 Å². The molecule has 1 aliphatic carbocycles. The average Bonchev–Trinajstić information content (AvgIpc) is 3.25. The molecule has 0 amide bonds. The predicted octanol–water partition coefficient (Wildman–Crippen LogP) is 3.34. The van der Waals surface area contributed by atoms with Gasteiger partial charge in [-0.2, -0.15) is 0 Å². The highest BCUT2D eigenvalue weighted by atomic mass is 35.5. The summed E-state index contributed by atoms with van der Waals surface area (Å²) < 4.78 is 5.19. The maximum atomic E-state index is 6.00. The summed E-state index contributed by atoms with van der Waals surface area (Å²) in [5, 5.41) is 3.77. The molecule has 0 bridgehead atoms. The van der Waals surface area contributed by atoms with Crippen molar-refractivity contribution in [2.24, 2.45) is 0 Å². The van der Waals surface area contributed by atoms with E-state index in [2.05, 4.69) is 15.3 Å². The van der Waals surface area contributed by atoms with E-state index in [0.717, 1.165) is 24.4 Å². The molecule has 3 rings (SSSR count). The van der Waals surface area contributed by atoms with Gasteiger partial charge in [0.25, 0.3) is 0 Å². The second kappa shape index (κ2) is 5.17. The second-order valence-corrected chi connectivity index (χ2v) is 5.19. The van der Waals surface area contributed by atoms with Gasteiger partial charge in [0.05, 0.1) is 12.1 Å². The molecule has 0 aliphatic heterocycles. The van der Waals surface area contributed by atoms with Crippen LogP contribution in [0, 0.1) is 0 Å². The molecule has 20 heavy (non-hydrogen) atoms. The lowest BCUT2D eigenvalue weighted by Gasteiger charge is -2.10. The standard InChI is InChI=1S/C14H15ClN4O/c1-20-11-6-9(4-5-10(11)15)17-13-7-12(16)18-14(19-13)8-2-3-8/h4-8H,2-3H2,1H3,(H3,16,17,18,19). The van der Waals surface area contributed by atoms with Crippen molar-refractivity contribution >= 4 is 28.9 Å². The molecule has 0 unspecified atom stereocenters. The van der Waals surface area contributed by atoms with Gasteiger partial charge in [-0.25, -0.2) is 9.97 Å². The van der Waals surface area contributed by atoms with Gasteiger partial charge in [0, 0.05) is 23.7 Å². The van der Waals surface area contributed by atoms with Crippen LogP contribution < -0.4 is 15.8 Å². The number of aromatic nitrogens is 2. The van der Waals surface area contributed by atoms with E-state index in [1.807, 2.05) is 12.1 Å². The number of ether oxygens (including phenoxy) is 1. The van der Waals surface area contributed by atoms with Gasteiger partial charge in [0.2, 0.25) is 0 Å². The van der Waals surface area contributed by atoms with Gasteiger partial charge in [-0.1, -0.05) is 11.6 Å². The van der Waals surface area contributed by atoms with Crippen LogP contribution in [0.1, 0.15) is 24.6 Å². The van der Waals surface area contributed by atoms with Crippen LogP contribution in [0.15, 0.2) is 24.3 Å². The maximum absolute atomic E-state index is 6.00. The number of hydrogen-bond donors (Lipinski definition) is 2. The summed E-state index contributed by atoms with van der Waals surface area (Å²) in [5.41, 5.74) is 6.66. The number of rotatable bonds is 4. The molecule has 1 aliphatic rings. The Morgan fingerprint density at radius 2 is 2.10 bits per heavy atom. The lowest BCUT2D eigenvalue weighted by atomic mass is 10.3. The van der Waals surface area contributed by atoms with E-state index >= 15 is 0 Å². The fourth-order valence-electron chi connectivity index (χ4n) is 1.96. The second-order valence-electron chi connectivity index (χ2n) is 4.78. The van der Waals surface area contributed by atoms with Crippen LogP contribution in [0.4, 0.5) is 17.3 Å². The smallest absolute Gasteiger partial charge is 0.139 e. The molecule has 1 aromatic heterocycles. The Balaban J connectivity index is 1.87. The first-order valence-corrected chi connectivity index (χ1v) is 6.78. The molecule has 2 aromatic rings. The van der Waals surface area contributed by atoms with E-state index in [1.54, 1.807) is 19.2 Å². The van der Waals surface area contributed by atoms with Gasteiger partial charge in [-0.05, 0) is 25.0 Å². The van der Waals surface area contributed by atoms with E-state index in [9.17, 15) is 0 Å². The first-order valence-electron chi connectivity index (χ1n) is 6.41. The third kappa shape index (κ3) is 2.77. The molecule has 3 N–H and O–H groups in total. The molecule has 0 radical (unpaired) electrons. The van der Waals surface area contributed by atoms with E-state index in [0.29, 0.717) is 28.3 Å². The monoisotopic (exact) mass is 290 g/mol. The zero-order chi connectivity index (χ0) is 14.1. The third-order valence-corrected chi connectivity index (χ3v) is 3.44. The van der Waals surface area contributed by atoms with Crippen LogP contribution >= 0.6 is 11.6 Å². The van der Waals surface area contributed by atoms with Crippen molar-refractivity contribution in [1.82, 2.24) is 9.97 Å². The Labute approximate surface area is 122 Å². The molecule has 0 saturated heterocycles. The van der Waals surface area contributed by atoms with Crippen LogP contribution in [-0.2, 0) is 0 Å². The molecule has 5 nitrogen and oxygen atoms in total. The lowest BCUT2D eigenvalue weighted by molar-refractivity contribution is 0.415. The summed E-state index contributed by atoms with van der Waals surface area (Å²) in [4.78, 5) is 8.76. The number of nitrogens with zero attached hydrogens (tertiary/aromatic N) is 2. The average molecular weight is 291 g/mol. The molecule has 0 spiro atoms. The Morgan fingerprint density at radius 1 is 1.30 bits per heavy atom. The number of nitrogen functional groups attached to an aromatic ring is 1. The number of anilines is 3. The lowest BCUT2D eigenvalue weighted by Crippen LogP contribution is -2.02. The minimum absolute atomic E-state index is 0.457. The Kier molecular flexibility index (Phi) is 3.36. The highest BCUT2D eigenvalue weighted by molar-refractivity contribution is 6.32.